The van der Waals surface area contributed by atoms with Crippen molar-refractivity contribution in [3.05, 3.63) is 22.7 Å². The minimum atomic E-state index is 0.598. The molecule has 14 heavy (non-hydrogen) atoms. The standard InChI is InChI=1S/C10H11ClN2O/c1-7-4-8(11)5-9(10(7)14-3)13(2)6-12/h4-5H,1-3H3. The summed E-state index contributed by atoms with van der Waals surface area (Å²) in [5.41, 5.74) is 1.59. The zero-order valence-corrected chi connectivity index (χ0v) is 9.09. The Hall–Kier alpha value is -1.40. The summed E-state index contributed by atoms with van der Waals surface area (Å²) in [6, 6.07) is 3.51. The van der Waals surface area contributed by atoms with Gasteiger partial charge in [0.2, 0.25) is 0 Å². The molecule has 1 aromatic rings. The highest BCUT2D eigenvalue weighted by Gasteiger charge is 2.11. The van der Waals surface area contributed by atoms with E-state index in [4.69, 9.17) is 21.6 Å². The molecule has 0 heterocycles. The van der Waals surface area contributed by atoms with Gasteiger partial charge in [0.05, 0.1) is 12.8 Å². The molecular formula is C10H11ClN2O. The Morgan fingerprint density at radius 3 is 2.64 bits per heavy atom. The first-order valence-electron chi connectivity index (χ1n) is 4.07. The second-order valence-electron chi connectivity index (χ2n) is 2.93. The summed E-state index contributed by atoms with van der Waals surface area (Å²) < 4.78 is 5.20. The summed E-state index contributed by atoms with van der Waals surface area (Å²) in [7, 11) is 3.23. The van der Waals surface area contributed by atoms with Gasteiger partial charge in [-0.15, -0.1) is 0 Å². The van der Waals surface area contributed by atoms with E-state index in [1.54, 1.807) is 26.3 Å². The first-order valence-corrected chi connectivity index (χ1v) is 4.45. The van der Waals surface area contributed by atoms with Crippen molar-refractivity contribution in [3.63, 3.8) is 0 Å². The second kappa shape index (κ2) is 4.21. The highest BCUT2D eigenvalue weighted by molar-refractivity contribution is 6.31. The molecule has 0 radical (unpaired) electrons. The third kappa shape index (κ3) is 1.91. The van der Waals surface area contributed by atoms with Gasteiger partial charge < -0.3 is 4.74 Å². The number of anilines is 1. The van der Waals surface area contributed by atoms with Gasteiger partial charge in [-0.25, -0.2) is 0 Å². The van der Waals surface area contributed by atoms with Gasteiger partial charge in [-0.05, 0) is 24.6 Å². The lowest BCUT2D eigenvalue weighted by atomic mass is 10.2. The van der Waals surface area contributed by atoms with Gasteiger partial charge in [-0.3, -0.25) is 4.90 Å². The first kappa shape index (κ1) is 10.7. The average molecular weight is 211 g/mol. The van der Waals surface area contributed by atoms with Crippen molar-refractivity contribution in [1.82, 2.24) is 0 Å². The molecule has 0 fully saturated rings. The SMILES string of the molecule is COc1c(C)cc(Cl)cc1N(C)C#N. The normalized spacial score (nSPS) is 9.36. The van der Waals surface area contributed by atoms with Gasteiger partial charge in [-0.2, -0.15) is 5.26 Å². The molecule has 3 nitrogen and oxygen atoms in total. The van der Waals surface area contributed by atoms with Crippen LogP contribution in [-0.4, -0.2) is 14.2 Å². The fourth-order valence-corrected chi connectivity index (χ4v) is 1.55. The molecular weight excluding hydrogens is 200 g/mol. The summed E-state index contributed by atoms with van der Waals surface area (Å²) >= 11 is 5.89. The van der Waals surface area contributed by atoms with E-state index < -0.39 is 0 Å². The maximum Gasteiger partial charge on any atom is 0.184 e. The Labute approximate surface area is 88.5 Å². The monoisotopic (exact) mass is 210 g/mol. The van der Waals surface area contributed by atoms with E-state index in [9.17, 15) is 0 Å². The molecule has 0 amide bonds. The van der Waals surface area contributed by atoms with Crippen LogP contribution < -0.4 is 9.64 Å². The van der Waals surface area contributed by atoms with Crippen molar-refractivity contribution in [2.45, 2.75) is 6.92 Å². The summed E-state index contributed by atoms with van der Waals surface area (Å²) in [5, 5.41) is 9.36. The predicted molar refractivity (Wildman–Crippen MR) is 56.8 cm³/mol. The molecule has 0 spiro atoms. The molecule has 1 rings (SSSR count). The maximum absolute atomic E-state index is 8.77. The van der Waals surface area contributed by atoms with Crippen molar-refractivity contribution in [3.8, 4) is 11.9 Å². The second-order valence-corrected chi connectivity index (χ2v) is 3.37. The van der Waals surface area contributed by atoms with Crippen LogP contribution in [0.4, 0.5) is 5.69 Å². The minimum absolute atomic E-state index is 0.598. The van der Waals surface area contributed by atoms with Gasteiger partial charge in [-0.1, -0.05) is 11.6 Å². The predicted octanol–water partition coefficient (Wildman–Crippen LogP) is 2.57. The summed E-state index contributed by atoms with van der Waals surface area (Å²) in [5.74, 6) is 0.679. The Morgan fingerprint density at radius 1 is 1.50 bits per heavy atom. The van der Waals surface area contributed by atoms with E-state index in [0.29, 0.717) is 16.5 Å². The number of halogens is 1. The molecule has 0 bridgehead atoms. The Kier molecular flexibility index (Phi) is 3.21. The number of methoxy groups -OCH3 is 1. The van der Waals surface area contributed by atoms with Crippen molar-refractivity contribution in [2.24, 2.45) is 0 Å². The number of nitrogens with zero attached hydrogens (tertiary/aromatic N) is 2. The molecule has 0 aliphatic heterocycles. The molecule has 0 saturated heterocycles. The summed E-state index contributed by atoms with van der Waals surface area (Å²) in [4.78, 5) is 1.41. The zero-order chi connectivity index (χ0) is 10.7. The lowest BCUT2D eigenvalue weighted by molar-refractivity contribution is 0.412. The Bertz CT molecular complexity index is 384. The summed E-state index contributed by atoms with van der Waals surface area (Å²) in [6.45, 7) is 1.89. The molecule has 74 valence electrons. The van der Waals surface area contributed by atoms with Gasteiger partial charge in [0, 0.05) is 12.1 Å². The largest absolute Gasteiger partial charge is 0.494 e. The molecule has 0 aliphatic carbocycles. The summed E-state index contributed by atoms with van der Waals surface area (Å²) in [6.07, 6.45) is 2.01. The average Bonchev–Trinajstić information content (AvgIpc) is 2.15. The fourth-order valence-electron chi connectivity index (χ4n) is 1.28. The van der Waals surface area contributed by atoms with E-state index in [1.807, 2.05) is 13.1 Å². The van der Waals surface area contributed by atoms with Gasteiger partial charge in [0.15, 0.2) is 6.19 Å². The Balaban J connectivity index is 3.33. The molecule has 4 heteroatoms. The number of benzene rings is 1. The van der Waals surface area contributed by atoms with Crippen molar-refractivity contribution < 1.29 is 4.74 Å². The van der Waals surface area contributed by atoms with Gasteiger partial charge >= 0.3 is 0 Å². The molecule has 0 unspecified atom stereocenters. The third-order valence-electron chi connectivity index (χ3n) is 1.94. The van der Waals surface area contributed by atoms with Crippen LogP contribution >= 0.6 is 11.6 Å². The highest BCUT2D eigenvalue weighted by atomic mass is 35.5. The first-order chi connectivity index (χ1) is 6.60. The topological polar surface area (TPSA) is 36.3 Å². The van der Waals surface area contributed by atoms with Crippen LogP contribution in [0.1, 0.15) is 5.56 Å². The van der Waals surface area contributed by atoms with Crippen LogP contribution in [0.25, 0.3) is 0 Å². The van der Waals surface area contributed by atoms with Crippen LogP contribution in [0.2, 0.25) is 5.02 Å². The van der Waals surface area contributed by atoms with E-state index in [0.717, 1.165) is 5.56 Å². The van der Waals surface area contributed by atoms with Crippen molar-refractivity contribution in [1.29, 1.82) is 5.26 Å². The van der Waals surface area contributed by atoms with Crippen LogP contribution in [-0.2, 0) is 0 Å². The molecule has 1 aromatic carbocycles. The van der Waals surface area contributed by atoms with Crippen molar-refractivity contribution >= 4 is 17.3 Å². The molecule has 0 atom stereocenters. The van der Waals surface area contributed by atoms with Crippen LogP contribution in [0.5, 0.6) is 5.75 Å². The number of aryl methyl sites for hydroxylation is 1. The van der Waals surface area contributed by atoms with E-state index in [-0.39, 0.29) is 0 Å². The number of hydrogen-bond donors (Lipinski definition) is 0. The van der Waals surface area contributed by atoms with E-state index >= 15 is 0 Å². The number of ether oxygens (including phenoxy) is 1. The molecule has 0 aliphatic rings. The van der Waals surface area contributed by atoms with E-state index in [2.05, 4.69) is 0 Å². The van der Waals surface area contributed by atoms with Gasteiger partial charge in [0.1, 0.15) is 5.75 Å². The molecule has 0 N–H and O–H groups in total. The smallest absolute Gasteiger partial charge is 0.184 e. The van der Waals surface area contributed by atoms with Gasteiger partial charge in [0.25, 0.3) is 0 Å². The zero-order valence-electron chi connectivity index (χ0n) is 8.34. The third-order valence-corrected chi connectivity index (χ3v) is 2.15. The number of nitriles is 1. The minimum Gasteiger partial charge on any atom is -0.494 e. The van der Waals surface area contributed by atoms with Crippen LogP contribution in [0.15, 0.2) is 12.1 Å². The quantitative estimate of drug-likeness (QED) is 0.556. The lowest BCUT2D eigenvalue weighted by Crippen LogP contribution is -2.10. The van der Waals surface area contributed by atoms with Crippen LogP contribution in [0, 0.1) is 18.4 Å². The number of hydrogen-bond acceptors (Lipinski definition) is 3. The van der Waals surface area contributed by atoms with Crippen molar-refractivity contribution in [2.75, 3.05) is 19.1 Å². The highest BCUT2D eigenvalue weighted by Crippen LogP contribution is 2.33. The van der Waals surface area contributed by atoms with E-state index in [1.165, 1.54) is 4.90 Å². The Morgan fingerprint density at radius 2 is 2.14 bits per heavy atom. The molecule has 0 aromatic heterocycles. The maximum atomic E-state index is 8.77. The fraction of sp³-hybridized carbons (Fsp3) is 0.300. The number of rotatable bonds is 2. The molecule has 0 saturated carbocycles. The lowest BCUT2D eigenvalue weighted by Gasteiger charge is -2.15. The van der Waals surface area contributed by atoms with Crippen LogP contribution in [0.3, 0.4) is 0 Å².